The number of nitrogens with zero attached hydrogens (tertiary/aromatic N) is 1. The van der Waals surface area contributed by atoms with E-state index in [1.807, 2.05) is 63.4 Å². The van der Waals surface area contributed by atoms with Gasteiger partial charge in [-0.15, -0.1) is 11.8 Å². The first kappa shape index (κ1) is 22.9. The van der Waals surface area contributed by atoms with Gasteiger partial charge in [0.2, 0.25) is 0 Å². The summed E-state index contributed by atoms with van der Waals surface area (Å²) < 4.78 is 11.2. The lowest BCUT2D eigenvalue weighted by molar-refractivity contribution is -0.155. The minimum Gasteiger partial charge on any atom is -0.489 e. The highest BCUT2D eigenvalue weighted by atomic mass is 32.2. The van der Waals surface area contributed by atoms with Crippen molar-refractivity contribution < 1.29 is 19.1 Å². The third kappa shape index (κ3) is 6.10. The van der Waals surface area contributed by atoms with Gasteiger partial charge in [0.25, 0.3) is 5.91 Å². The number of hydrogen-bond donors (Lipinski definition) is 1. The molecule has 1 amide bonds. The lowest BCUT2D eigenvalue weighted by atomic mass is 9.98. The molecule has 0 spiro atoms. The summed E-state index contributed by atoms with van der Waals surface area (Å²) in [5, 5.41) is 8.39. The number of carbonyl (C=O) groups excluding carboxylic acids is 2. The number of esters is 1. The number of rotatable bonds is 6. The minimum atomic E-state index is -0.581. The maximum Gasteiger partial charge on any atom is 0.326 e. The Hall–Kier alpha value is -2.80. The van der Waals surface area contributed by atoms with Gasteiger partial charge in [0.05, 0.1) is 5.04 Å². The predicted molar refractivity (Wildman–Crippen MR) is 123 cm³/mol. The van der Waals surface area contributed by atoms with Gasteiger partial charge >= 0.3 is 5.97 Å². The number of nitrogens with one attached hydrogen (secondary N) is 1. The monoisotopic (exact) mass is 440 g/mol. The Balaban J connectivity index is 1.65. The summed E-state index contributed by atoms with van der Waals surface area (Å²) >= 11 is 1.40. The highest BCUT2D eigenvalue weighted by Gasteiger charge is 2.28. The van der Waals surface area contributed by atoms with Gasteiger partial charge in [0.15, 0.2) is 0 Å². The molecule has 0 saturated carbocycles. The Morgan fingerprint density at radius 1 is 1.16 bits per heavy atom. The Morgan fingerprint density at radius 3 is 2.52 bits per heavy atom. The molecular weight excluding hydrogens is 412 g/mol. The van der Waals surface area contributed by atoms with Crippen LogP contribution < -0.4 is 4.74 Å². The van der Waals surface area contributed by atoms with E-state index in [9.17, 15) is 9.59 Å². The summed E-state index contributed by atoms with van der Waals surface area (Å²) in [6, 6.07) is 13.2. The Kier molecular flexibility index (Phi) is 7.05. The fraction of sp³-hybridized carbons (Fsp3) is 0.375. The molecule has 1 N–H and O–H groups in total. The number of amides is 1. The molecule has 2 aromatic rings. The zero-order chi connectivity index (χ0) is 22.6. The third-order valence-corrected chi connectivity index (χ3v) is 5.46. The normalized spacial score (nSPS) is 13.5. The average molecular weight is 441 g/mol. The average Bonchev–Trinajstić information content (AvgIpc) is 2.73. The second kappa shape index (κ2) is 9.56. The molecule has 31 heavy (non-hydrogen) atoms. The van der Waals surface area contributed by atoms with E-state index in [0.29, 0.717) is 35.9 Å². The summed E-state index contributed by atoms with van der Waals surface area (Å²) in [5.74, 6) is 0.0133. The van der Waals surface area contributed by atoms with E-state index < -0.39 is 11.6 Å². The Morgan fingerprint density at radius 2 is 1.87 bits per heavy atom. The molecule has 2 aromatic carbocycles. The van der Waals surface area contributed by atoms with Crippen LogP contribution in [-0.4, -0.2) is 46.8 Å². The van der Waals surface area contributed by atoms with Crippen LogP contribution >= 0.6 is 11.8 Å². The number of hydrogen-bond acceptors (Lipinski definition) is 6. The first-order valence-corrected chi connectivity index (χ1v) is 11.4. The first-order chi connectivity index (χ1) is 14.7. The highest BCUT2D eigenvalue weighted by molar-refractivity contribution is 8.13. The zero-order valence-electron chi connectivity index (χ0n) is 18.4. The molecule has 0 atom stereocenters. The van der Waals surface area contributed by atoms with Gasteiger partial charge < -0.3 is 14.4 Å². The molecule has 3 rings (SSSR count). The van der Waals surface area contributed by atoms with Crippen molar-refractivity contribution in [3.8, 4) is 5.75 Å². The maximum absolute atomic E-state index is 12.9. The quantitative estimate of drug-likeness (QED) is 0.412. The van der Waals surface area contributed by atoms with Crippen molar-refractivity contribution in [1.29, 1.82) is 5.41 Å². The van der Waals surface area contributed by atoms with Crippen LogP contribution in [0.4, 0.5) is 0 Å². The zero-order valence-corrected chi connectivity index (χ0v) is 19.2. The number of benzene rings is 2. The van der Waals surface area contributed by atoms with Crippen LogP contribution in [0.15, 0.2) is 42.5 Å². The van der Waals surface area contributed by atoms with Gasteiger partial charge in [-0.05, 0) is 56.7 Å². The molecule has 1 heterocycles. The van der Waals surface area contributed by atoms with Crippen molar-refractivity contribution in [3.63, 3.8) is 0 Å². The van der Waals surface area contributed by atoms with E-state index in [1.54, 1.807) is 6.07 Å². The molecule has 0 bridgehead atoms. The molecule has 0 saturated heterocycles. The second-order valence-electron chi connectivity index (χ2n) is 8.40. The summed E-state index contributed by atoms with van der Waals surface area (Å²) in [4.78, 5) is 26.6. The molecule has 1 aliphatic heterocycles. The van der Waals surface area contributed by atoms with Crippen molar-refractivity contribution >= 4 is 28.7 Å². The third-order valence-electron chi connectivity index (χ3n) is 4.82. The van der Waals surface area contributed by atoms with Crippen molar-refractivity contribution in [2.24, 2.45) is 0 Å². The fourth-order valence-corrected chi connectivity index (χ4v) is 3.68. The minimum absolute atomic E-state index is 0.0575. The van der Waals surface area contributed by atoms with Crippen LogP contribution in [0.5, 0.6) is 5.75 Å². The number of fused-ring (bicyclic) bond motifs is 1. The van der Waals surface area contributed by atoms with E-state index in [1.165, 1.54) is 16.7 Å². The number of thioether (sulfide) groups is 1. The highest BCUT2D eigenvalue weighted by Crippen LogP contribution is 2.25. The molecular formula is C24H28N2O4S. The maximum atomic E-state index is 12.9. The smallest absolute Gasteiger partial charge is 0.326 e. The molecule has 0 aromatic heterocycles. The van der Waals surface area contributed by atoms with Gasteiger partial charge in [0.1, 0.15) is 24.5 Å². The second-order valence-corrected chi connectivity index (χ2v) is 9.22. The van der Waals surface area contributed by atoms with Crippen molar-refractivity contribution in [1.82, 2.24) is 4.90 Å². The standard InChI is InChI=1S/C24H28N2O4S/c1-24(2,3)30-21(27)14-26-12-11-17-9-10-19(13-20(17)23(26)28)29-15-16-5-7-18(8-6-16)22(25)31-4/h5-10,13,25H,11-12,14-15H2,1-4H3. The Bertz CT molecular complexity index is 980. The van der Waals surface area contributed by atoms with Crippen LogP contribution in [0.3, 0.4) is 0 Å². The van der Waals surface area contributed by atoms with E-state index in [-0.39, 0.29) is 12.5 Å². The Labute approximate surface area is 187 Å². The van der Waals surface area contributed by atoms with Gasteiger partial charge in [-0.2, -0.15) is 0 Å². The van der Waals surface area contributed by atoms with E-state index in [4.69, 9.17) is 14.9 Å². The van der Waals surface area contributed by atoms with Gasteiger partial charge in [-0.3, -0.25) is 15.0 Å². The van der Waals surface area contributed by atoms with E-state index in [2.05, 4.69) is 0 Å². The topological polar surface area (TPSA) is 79.7 Å². The van der Waals surface area contributed by atoms with Gasteiger partial charge in [-0.25, -0.2) is 0 Å². The van der Waals surface area contributed by atoms with E-state index >= 15 is 0 Å². The summed E-state index contributed by atoms with van der Waals surface area (Å²) in [6.07, 6.45) is 2.57. The molecule has 0 radical (unpaired) electrons. The molecule has 1 aliphatic rings. The van der Waals surface area contributed by atoms with Crippen LogP contribution in [0, 0.1) is 5.41 Å². The van der Waals surface area contributed by atoms with Crippen LogP contribution in [0.1, 0.15) is 47.8 Å². The lowest BCUT2D eigenvalue weighted by Crippen LogP contribution is -2.42. The van der Waals surface area contributed by atoms with Crippen molar-refractivity contribution in [3.05, 3.63) is 64.7 Å². The van der Waals surface area contributed by atoms with E-state index in [0.717, 1.165) is 16.7 Å². The SMILES string of the molecule is CSC(=N)c1ccc(COc2ccc3c(c2)C(=O)N(CC(=O)OC(C)(C)C)CC3)cc1. The summed E-state index contributed by atoms with van der Waals surface area (Å²) in [6.45, 7) is 6.22. The van der Waals surface area contributed by atoms with Crippen LogP contribution in [0.25, 0.3) is 0 Å². The predicted octanol–water partition coefficient (Wildman–Crippen LogP) is 4.29. The molecule has 7 heteroatoms. The largest absolute Gasteiger partial charge is 0.489 e. The first-order valence-electron chi connectivity index (χ1n) is 10.1. The van der Waals surface area contributed by atoms with Crippen LogP contribution in [-0.2, 0) is 22.6 Å². The fourth-order valence-electron chi connectivity index (χ4n) is 3.31. The summed E-state index contributed by atoms with van der Waals surface area (Å²) in [7, 11) is 0. The number of ether oxygens (including phenoxy) is 2. The number of carbonyl (C=O) groups is 2. The van der Waals surface area contributed by atoms with Crippen molar-refractivity contribution in [2.75, 3.05) is 19.3 Å². The van der Waals surface area contributed by atoms with Gasteiger partial charge in [0, 0.05) is 17.7 Å². The van der Waals surface area contributed by atoms with Crippen LogP contribution in [0.2, 0.25) is 0 Å². The molecule has 6 nitrogen and oxygen atoms in total. The summed E-state index contributed by atoms with van der Waals surface area (Å²) in [5.41, 5.74) is 2.80. The molecule has 0 unspecified atom stereocenters. The molecule has 0 fully saturated rings. The van der Waals surface area contributed by atoms with Gasteiger partial charge in [-0.1, -0.05) is 30.3 Å². The molecule has 164 valence electrons. The molecule has 0 aliphatic carbocycles. The lowest BCUT2D eigenvalue weighted by Gasteiger charge is -2.29. The van der Waals surface area contributed by atoms with Crippen molar-refractivity contribution in [2.45, 2.75) is 39.4 Å².